The van der Waals surface area contributed by atoms with Gasteiger partial charge in [0.1, 0.15) is 0 Å². The van der Waals surface area contributed by atoms with Gasteiger partial charge in [0, 0.05) is 36.3 Å². The number of nitrogens with zero attached hydrogens (tertiary/aromatic N) is 2. The van der Waals surface area contributed by atoms with Crippen molar-refractivity contribution in [3.05, 3.63) is 34.9 Å². The summed E-state index contributed by atoms with van der Waals surface area (Å²) < 4.78 is 0. The Morgan fingerprint density at radius 1 is 1.36 bits per heavy atom. The molecule has 118 valence electrons. The van der Waals surface area contributed by atoms with Gasteiger partial charge in [-0.2, -0.15) is 0 Å². The number of pyridine rings is 1. The Kier molecular flexibility index (Phi) is 6.03. The van der Waals surface area contributed by atoms with Crippen molar-refractivity contribution in [2.24, 2.45) is 11.7 Å². The minimum Gasteiger partial charge on any atom is -0.355 e. The van der Waals surface area contributed by atoms with Crippen LogP contribution < -0.4 is 11.1 Å². The lowest BCUT2D eigenvalue weighted by Crippen LogP contribution is -2.44. The molecule has 0 aromatic carbocycles. The number of carbonyl (C=O) groups is 1. The van der Waals surface area contributed by atoms with E-state index in [9.17, 15) is 4.79 Å². The molecule has 6 heteroatoms. The van der Waals surface area contributed by atoms with Crippen molar-refractivity contribution in [3.63, 3.8) is 0 Å². The van der Waals surface area contributed by atoms with Crippen molar-refractivity contribution in [1.82, 2.24) is 15.3 Å². The Bertz CT molecular complexity index is 597. The van der Waals surface area contributed by atoms with Crippen molar-refractivity contribution in [3.8, 4) is 11.3 Å². The third-order valence-corrected chi connectivity index (χ3v) is 4.32. The van der Waals surface area contributed by atoms with Crippen molar-refractivity contribution in [1.29, 1.82) is 0 Å². The van der Waals surface area contributed by atoms with Gasteiger partial charge in [-0.25, -0.2) is 4.98 Å². The first-order valence-corrected chi connectivity index (χ1v) is 8.34. The van der Waals surface area contributed by atoms with Crippen LogP contribution in [0.5, 0.6) is 0 Å². The first kappa shape index (κ1) is 16.6. The summed E-state index contributed by atoms with van der Waals surface area (Å²) in [5.74, 6) is 0.0773. The predicted molar refractivity (Wildman–Crippen MR) is 89.5 cm³/mol. The normalized spacial score (nSPS) is 12.4. The largest absolute Gasteiger partial charge is 0.355 e. The summed E-state index contributed by atoms with van der Waals surface area (Å²) in [6.07, 6.45) is 5.25. The van der Waals surface area contributed by atoms with E-state index < -0.39 is 6.04 Å². The van der Waals surface area contributed by atoms with E-state index in [1.807, 2.05) is 26.0 Å². The number of hydrogen-bond donors (Lipinski definition) is 2. The molecule has 3 N–H and O–H groups in total. The summed E-state index contributed by atoms with van der Waals surface area (Å²) in [4.78, 5) is 20.4. The monoisotopic (exact) mass is 318 g/mol. The molecule has 1 atom stereocenters. The molecule has 0 bridgehead atoms. The standard InChI is InChI=1S/C16H22N4OS/c1-11(2)15(17)16(21)19-7-3-4-14-20-13(10-22-14)12-5-8-18-9-6-12/h5-6,8-11,15H,3-4,7,17H2,1-2H3,(H,19,21)/t15-/m0/s1. The van der Waals surface area contributed by atoms with Crippen LogP contribution in [0.25, 0.3) is 11.3 Å². The molecule has 2 aromatic heterocycles. The Morgan fingerprint density at radius 3 is 2.77 bits per heavy atom. The van der Waals surface area contributed by atoms with Crippen LogP contribution in [-0.4, -0.2) is 28.5 Å². The van der Waals surface area contributed by atoms with Gasteiger partial charge < -0.3 is 11.1 Å². The molecule has 0 saturated carbocycles. The van der Waals surface area contributed by atoms with Crippen molar-refractivity contribution >= 4 is 17.2 Å². The lowest BCUT2D eigenvalue weighted by Gasteiger charge is -2.14. The molecule has 2 aromatic rings. The number of hydrogen-bond acceptors (Lipinski definition) is 5. The van der Waals surface area contributed by atoms with Crippen LogP contribution >= 0.6 is 11.3 Å². The fraction of sp³-hybridized carbons (Fsp3) is 0.438. The van der Waals surface area contributed by atoms with Crippen LogP contribution in [0.2, 0.25) is 0 Å². The molecule has 0 spiro atoms. The number of aromatic nitrogens is 2. The van der Waals surface area contributed by atoms with E-state index in [1.54, 1.807) is 23.7 Å². The zero-order valence-electron chi connectivity index (χ0n) is 13.0. The zero-order chi connectivity index (χ0) is 15.9. The molecule has 0 aliphatic carbocycles. The van der Waals surface area contributed by atoms with Crippen LogP contribution in [0, 0.1) is 5.92 Å². The Balaban J connectivity index is 1.77. The van der Waals surface area contributed by atoms with Crippen LogP contribution in [-0.2, 0) is 11.2 Å². The molecule has 2 rings (SSSR count). The molecule has 5 nitrogen and oxygen atoms in total. The van der Waals surface area contributed by atoms with E-state index in [2.05, 4.69) is 20.7 Å². The van der Waals surface area contributed by atoms with Gasteiger partial charge in [0.2, 0.25) is 5.91 Å². The van der Waals surface area contributed by atoms with E-state index in [0.29, 0.717) is 6.54 Å². The van der Waals surface area contributed by atoms with Crippen LogP contribution in [0.4, 0.5) is 0 Å². The molecular weight excluding hydrogens is 296 g/mol. The lowest BCUT2D eigenvalue weighted by molar-refractivity contribution is -0.123. The average Bonchev–Trinajstić information content (AvgIpc) is 3.00. The zero-order valence-corrected chi connectivity index (χ0v) is 13.8. The fourth-order valence-electron chi connectivity index (χ4n) is 1.95. The summed E-state index contributed by atoms with van der Waals surface area (Å²) in [5, 5.41) is 6.01. The van der Waals surface area contributed by atoms with Crippen molar-refractivity contribution < 1.29 is 4.79 Å². The first-order valence-electron chi connectivity index (χ1n) is 7.46. The number of carbonyl (C=O) groups excluding carboxylic acids is 1. The Labute approximate surface area is 135 Å². The van der Waals surface area contributed by atoms with E-state index in [4.69, 9.17) is 5.73 Å². The van der Waals surface area contributed by atoms with Gasteiger partial charge in [-0.3, -0.25) is 9.78 Å². The smallest absolute Gasteiger partial charge is 0.237 e. The van der Waals surface area contributed by atoms with E-state index in [0.717, 1.165) is 29.1 Å². The highest BCUT2D eigenvalue weighted by atomic mass is 32.1. The molecule has 0 fully saturated rings. The van der Waals surface area contributed by atoms with Gasteiger partial charge in [-0.15, -0.1) is 11.3 Å². The third-order valence-electron chi connectivity index (χ3n) is 3.42. The highest BCUT2D eigenvalue weighted by Gasteiger charge is 2.16. The second-order valence-electron chi connectivity index (χ2n) is 5.53. The molecule has 0 aliphatic rings. The SMILES string of the molecule is CC(C)[C@H](N)C(=O)NCCCc1nc(-c2ccncc2)cs1. The molecule has 22 heavy (non-hydrogen) atoms. The van der Waals surface area contributed by atoms with Crippen LogP contribution in [0.3, 0.4) is 0 Å². The number of nitrogens with one attached hydrogen (secondary N) is 1. The first-order chi connectivity index (χ1) is 10.6. The quantitative estimate of drug-likeness (QED) is 0.767. The number of nitrogens with two attached hydrogens (primary N) is 1. The lowest BCUT2D eigenvalue weighted by atomic mass is 10.1. The molecule has 1 amide bonds. The molecule has 0 unspecified atom stereocenters. The summed E-state index contributed by atoms with van der Waals surface area (Å²) in [5.41, 5.74) is 7.85. The van der Waals surface area contributed by atoms with E-state index in [-0.39, 0.29) is 11.8 Å². The maximum atomic E-state index is 11.7. The van der Waals surface area contributed by atoms with Gasteiger partial charge in [-0.05, 0) is 24.5 Å². The molecule has 0 radical (unpaired) electrons. The Hall–Kier alpha value is -1.79. The fourth-order valence-corrected chi connectivity index (χ4v) is 2.80. The van der Waals surface area contributed by atoms with Gasteiger partial charge in [0.15, 0.2) is 0 Å². The highest BCUT2D eigenvalue weighted by Crippen LogP contribution is 2.21. The van der Waals surface area contributed by atoms with E-state index >= 15 is 0 Å². The number of rotatable bonds is 7. The second-order valence-corrected chi connectivity index (χ2v) is 6.47. The number of aryl methyl sites for hydroxylation is 1. The predicted octanol–water partition coefficient (Wildman–Crippen LogP) is 2.24. The summed E-state index contributed by atoms with van der Waals surface area (Å²) in [6.45, 7) is 4.52. The summed E-state index contributed by atoms with van der Waals surface area (Å²) in [7, 11) is 0. The van der Waals surface area contributed by atoms with Gasteiger partial charge in [0.25, 0.3) is 0 Å². The molecular formula is C16H22N4OS. The van der Waals surface area contributed by atoms with Crippen molar-refractivity contribution in [2.75, 3.05) is 6.54 Å². The molecule has 0 saturated heterocycles. The topological polar surface area (TPSA) is 80.9 Å². The van der Waals surface area contributed by atoms with Crippen molar-refractivity contribution in [2.45, 2.75) is 32.7 Å². The highest BCUT2D eigenvalue weighted by molar-refractivity contribution is 7.09. The molecule has 0 aliphatic heterocycles. The van der Waals surface area contributed by atoms with Gasteiger partial charge in [0.05, 0.1) is 16.7 Å². The minimum absolute atomic E-state index is 0.0772. The molecule has 2 heterocycles. The van der Waals surface area contributed by atoms with Gasteiger partial charge >= 0.3 is 0 Å². The third kappa shape index (κ3) is 4.61. The average molecular weight is 318 g/mol. The summed E-state index contributed by atoms with van der Waals surface area (Å²) in [6, 6.07) is 3.47. The summed E-state index contributed by atoms with van der Waals surface area (Å²) >= 11 is 1.65. The van der Waals surface area contributed by atoms with E-state index in [1.165, 1.54) is 0 Å². The number of thiazole rings is 1. The van der Waals surface area contributed by atoms with Gasteiger partial charge in [-0.1, -0.05) is 13.8 Å². The van der Waals surface area contributed by atoms with Crippen LogP contribution in [0.1, 0.15) is 25.3 Å². The second kappa shape index (κ2) is 8.00. The maximum Gasteiger partial charge on any atom is 0.237 e. The number of amides is 1. The van der Waals surface area contributed by atoms with Crippen LogP contribution in [0.15, 0.2) is 29.9 Å². The Morgan fingerprint density at radius 2 is 2.09 bits per heavy atom. The minimum atomic E-state index is -0.432. The maximum absolute atomic E-state index is 11.7.